The summed E-state index contributed by atoms with van der Waals surface area (Å²) >= 11 is 4.80. The second-order valence-electron chi connectivity index (χ2n) is 4.05. The van der Waals surface area contributed by atoms with Crippen LogP contribution >= 0.6 is 27.3 Å². The number of halogens is 1. The minimum atomic E-state index is 0.0831. The zero-order valence-electron chi connectivity index (χ0n) is 10.5. The fraction of sp³-hybridized carbons (Fsp3) is 0.308. The van der Waals surface area contributed by atoms with Crippen LogP contribution in [0.5, 0.6) is 5.75 Å². The number of methoxy groups -OCH3 is 1. The molecule has 0 bridgehead atoms. The van der Waals surface area contributed by atoms with Crippen LogP contribution < -0.4 is 9.61 Å². The summed E-state index contributed by atoms with van der Waals surface area (Å²) in [7, 11) is 1.64. The van der Waals surface area contributed by atoms with E-state index in [1.807, 2.05) is 32.0 Å². The van der Waals surface area contributed by atoms with Gasteiger partial charge >= 0.3 is 4.87 Å². The molecular formula is C13H14BrNO2S. The summed E-state index contributed by atoms with van der Waals surface area (Å²) in [6.07, 6.45) is 0. The molecule has 0 amide bonds. The van der Waals surface area contributed by atoms with Crippen LogP contribution in [-0.2, 0) is 6.54 Å². The molecule has 0 fully saturated rings. The second-order valence-corrected chi connectivity index (χ2v) is 6.07. The minimum absolute atomic E-state index is 0.0831. The third-order valence-electron chi connectivity index (χ3n) is 2.96. The predicted molar refractivity (Wildman–Crippen MR) is 77.8 cm³/mol. The van der Waals surface area contributed by atoms with E-state index in [1.54, 1.807) is 11.7 Å². The van der Waals surface area contributed by atoms with E-state index in [-0.39, 0.29) is 4.87 Å². The molecule has 0 radical (unpaired) electrons. The fourth-order valence-corrected chi connectivity index (χ4v) is 2.94. The van der Waals surface area contributed by atoms with Gasteiger partial charge in [0.25, 0.3) is 0 Å². The number of benzene rings is 1. The average Bonchev–Trinajstić information content (AvgIpc) is 2.58. The summed E-state index contributed by atoms with van der Waals surface area (Å²) in [4.78, 5) is 13.0. The number of hydrogen-bond acceptors (Lipinski definition) is 3. The van der Waals surface area contributed by atoms with Gasteiger partial charge < -0.3 is 4.74 Å². The van der Waals surface area contributed by atoms with E-state index in [0.717, 1.165) is 26.4 Å². The summed E-state index contributed by atoms with van der Waals surface area (Å²) < 4.78 is 7.98. The van der Waals surface area contributed by atoms with Gasteiger partial charge in [-0.1, -0.05) is 27.3 Å². The van der Waals surface area contributed by atoms with E-state index in [4.69, 9.17) is 4.74 Å². The first-order valence-corrected chi connectivity index (χ1v) is 7.13. The highest BCUT2D eigenvalue weighted by Gasteiger charge is 2.10. The SMILES string of the molecule is COc1ccc(Br)c(Cn2c(C)c(C)sc2=O)c1. The monoisotopic (exact) mass is 327 g/mol. The van der Waals surface area contributed by atoms with Crippen LogP contribution in [0.4, 0.5) is 0 Å². The molecule has 3 nitrogen and oxygen atoms in total. The van der Waals surface area contributed by atoms with Crippen molar-refractivity contribution in [1.82, 2.24) is 4.57 Å². The van der Waals surface area contributed by atoms with Crippen LogP contribution in [0.3, 0.4) is 0 Å². The summed E-state index contributed by atoms with van der Waals surface area (Å²) in [6.45, 7) is 4.51. The highest BCUT2D eigenvalue weighted by Crippen LogP contribution is 2.24. The molecule has 1 aromatic carbocycles. The Morgan fingerprint density at radius 1 is 1.39 bits per heavy atom. The summed E-state index contributed by atoms with van der Waals surface area (Å²) in [5, 5.41) is 0. The van der Waals surface area contributed by atoms with Crippen LogP contribution in [0, 0.1) is 13.8 Å². The topological polar surface area (TPSA) is 31.2 Å². The largest absolute Gasteiger partial charge is 0.497 e. The van der Waals surface area contributed by atoms with Crippen molar-refractivity contribution >= 4 is 27.3 Å². The second kappa shape index (κ2) is 5.28. The Balaban J connectivity index is 2.42. The van der Waals surface area contributed by atoms with Gasteiger partial charge in [-0.05, 0) is 37.6 Å². The van der Waals surface area contributed by atoms with Crippen LogP contribution in [0.2, 0.25) is 0 Å². The van der Waals surface area contributed by atoms with Gasteiger partial charge in [-0.3, -0.25) is 9.36 Å². The zero-order valence-corrected chi connectivity index (χ0v) is 12.9. The van der Waals surface area contributed by atoms with Gasteiger partial charge in [0.1, 0.15) is 5.75 Å². The van der Waals surface area contributed by atoms with E-state index >= 15 is 0 Å². The normalized spacial score (nSPS) is 10.7. The highest BCUT2D eigenvalue weighted by atomic mass is 79.9. The van der Waals surface area contributed by atoms with Crippen molar-refractivity contribution in [1.29, 1.82) is 0 Å². The highest BCUT2D eigenvalue weighted by molar-refractivity contribution is 9.10. The minimum Gasteiger partial charge on any atom is -0.497 e. The number of aromatic nitrogens is 1. The van der Waals surface area contributed by atoms with E-state index in [0.29, 0.717) is 6.54 Å². The van der Waals surface area contributed by atoms with E-state index in [9.17, 15) is 4.79 Å². The molecule has 0 aliphatic carbocycles. The molecule has 5 heteroatoms. The predicted octanol–water partition coefficient (Wildman–Crippen LogP) is 3.35. The molecule has 1 heterocycles. The van der Waals surface area contributed by atoms with Crippen molar-refractivity contribution < 1.29 is 4.74 Å². The molecule has 0 aliphatic heterocycles. The first-order valence-electron chi connectivity index (χ1n) is 5.52. The molecular weight excluding hydrogens is 314 g/mol. The summed E-state index contributed by atoms with van der Waals surface area (Å²) in [5.41, 5.74) is 2.07. The molecule has 0 spiro atoms. The molecule has 2 rings (SSSR count). The smallest absolute Gasteiger partial charge is 0.307 e. The Kier molecular flexibility index (Phi) is 3.92. The molecule has 96 valence electrons. The number of hydrogen-bond donors (Lipinski definition) is 0. The number of aryl methyl sites for hydroxylation is 1. The Hall–Kier alpha value is -1.07. The van der Waals surface area contributed by atoms with Crippen molar-refractivity contribution in [3.8, 4) is 5.75 Å². The van der Waals surface area contributed by atoms with Crippen LogP contribution in [0.25, 0.3) is 0 Å². The van der Waals surface area contributed by atoms with Gasteiger partial charge in [0, 0.05) is 15.0 Å². The van der Waals surface area contributed by atoms with E-state index < -0.39 is 0 Å². The van der Waals surface area contributed by atoms with Crippen molar-refractivity contribution in [3.63, 3.8) is 0 Å². The van der Waals surface area contributed by atoms with Crippen LogP contribution in [-0.4, -0.2) is 11.7 Å². The van der Waals surface area contributed by atoms with Crippen molar-refractivity contribution in [2.24, 2.45) is 0 Å². The molecule has 2 aromatic rings. The number of nitrogens with zero attached hydrogens (tertiary/aromatic N) is 1. The summed E-state index contributed by atoms with van der Waals surface area (Å²) in [5.74, 6) is 0.797. The maximum Gasteiger partial charge on any atom is 0.307 e. The maximum absolute atomic E-state index is 11.9. The first-order chi connectivity index (χ1) is 8.52. The maximum atomic E-state index is 11.9. The Morgan fingerprint density at radius 3 is 2.67 bits per heavy atom. The van der Waals surface area contributed by atoms with Crippen molar-refractivity contribution in [2.75, 3.05) is 7.11 Å². The van der Waals surface area contributed by atoms with Crippen LogP contribution in [0.1, 0.15) is 16.1 Å². The lowest BCUT2D eigenvalue weighted by Crippen LogP contribution is -2.15. The Labute approximate surface area is 118 Å². The third-order valence-corrected chi connectivity index (χ3v) is 4.73. The van der Waals surface area contributed by atoms with Gasteiger partial charge in [0.15, 0.2) is 0 Å². The molecule has 0 unspecified atom stereocenters. The third kappa shape index (κ3) is 2.52. The first kappa shape index (κ1) is 13.4. The lowest BCUT2D eigenvalue weighted by atomic mass is 10.2. The van der Waals surface area contributed by atoms with E-state index in [2.05, 4.69) is 15.9 Å². The number of ether oxygens (including phenoxy) is 1. The Morgan fingerprint density at radius 2 is 2.11 bits per heavy atom. The fourth-order valence-electron chi connectivity index (χ4n) is 1.74. The van der Waals surface area contributed by atoms with E-state index in [1.165, 1.54) is 11.3 Å². The molecule has 0 aliphatic rings. The quantitative estimate of drug-likeness (QED) is 0.865. The molecule has 0 N–H and O–H groups in total. The van der Waals surface area contributed by atoms with Gasteiger partial charge in [-0.2, -0.15) is 0 Å². The Bertz CT molecular complexity index is 630. The van der Waals surface area contributed by atoms with Crippen LogP contribution in [0.15, 0.2) is 27.5 Å². The van der Waals surface area contributed by atoms with Gasteiger partial charge in [0.2, 0.25) is 0 Å². The molecule has 0 saturated carbocycles. The standard InChI is InChI=1S/C13H14BrNO2S/c1-8-9(2)18-13(16)15(8)7-10-6-11(17-3)4-5-12(10)14/h4-6H,7H2,1-3H3. The molecule has 0 saturated heterocycles. The van der Waals surface area contributed by atoms with Crippen molar-refractivity contribution in [3.05, 3.63) is 48.5 Å². The molecule has 18 heavy (non-hydrogen) atoms. The van der Waals surface area contributed by atoms with Crippen molar-refractivity contribution in [2.45, 2.75) is 20.4 Å². The summed E-state index contributed by atoms with van der Waals surface area (Å²) in [6, 6.07) is 5.78. The molecule has 0 atom stereocenters. The molecule has 1 aromatic heterocycles. The average molecular weight is 328 g/mol. The lowest BCUT2D eigenvalue weighted by molar-refractivity contribution is 0.414. The van der Waals surface area contributed by atoms with Gasteiger partial charge in [-0.25, -0.2) is 0 Å². The zero-order chi connectivity index (χ0) is 13.3. The number of rotatable bonds is 3. The number of thiazole rings is 1. The lowest BCUT2D eigenvalue weighted by Gasteiger charge is -2.09. The van der Waals surface area contributed by atoms with Gasteiger partial charge in [-0.15, -0.1) is 0 Å². The van der Waals surface area contributed by atoms with Gasteiger partial charge in [0.05, 0.1) is 13.7 Å².